The molecule has 0 unspecified atom stereocenters. The fourth-order valence-electron chi connectivity index (χ4n) is 1.28. The van der Waals surface area contributed by atoms with E-state index in [4.69, 9.17) is 0 Å². The Labute approximate surface area is 92.1 Å². The largest absolute Gasteiger partial charge is 0.353 e. The SMILES string of the molecule is CC(C)N=C=NC(=O)N(C(C)C)C(C)C. The maximum absolute atomic E-state index is 11.6. The molecule has 0 saturated heterocycles. The van der Waals surface area contributed by atoms with Crippen LogP contribution in [-0.2, 0) is 0 Å². The number of aliphatic imine (C=N–C) groups is 2. The van der Waals surface area contributed by atoms with Gasteiger partial charge in [-0.15, -0.1) is 4.99 Å². The third-order valence-electron chi connectivity index (χ3n) is 1.80. The number of carbonyl (C=O) groups is 1. The molecule has 0 atom stereocenters. The van der Waals surface area contributed by atoms with Gasteiger partial charge in [-0.25, -0.2) is 9.79 Å². The third-order valence-corrected chi connectivity index (χ3v) is 1.80. The number of urea groups is 1. The Morgan fingerprint density at radius 2 is 1.53 bits per heavy atom. The third kappa shape index (κ3) is 5.33. The molecule has 0 saturated carbocycles. The lowest BCUT2D eigenvalue weighted by atomic mass is 10.2. The van der Waals surface area contributed by atoms with Crippen LogP contribution in [-0.4, -0.2) is 35.1 Å². The molecule has 0 N–H and O–H groups in total. The lowest BCUT2D eigenvalue weighted by molar-refractivity contribution is 0.175. The highest BCUT2D eigenvalue weighted by atomic mass is 16.2. The van der Waals surface area contributed by atoms with Crippen LogP contribution >= 0.6 is 0 Å². The first-order chi connectivity index (χ1) is 6.86. The zero-order chi connectivity index (χ0) is 12.0. The molecule has 0 aromatic rings. The molecule has 0 aromatic carbocycles. The van der Waals surface area contributed by atoms with Gasteiger partial charge in [0.1, 0.15) is 0 Å². The van der Waals surface area contributed by atoms with Crippen molar-refractivity contribution in [2.75, 3.05) is 0 Å². The van der Waals surface area contributed by atoms with E-state index in [0.717, 1.165) is 0 Å². The molecule has 0 rings (SSSR count). The number of rotatable bonds is 3. The van der Waals surface area contributed by atoms with Crippen molar-refractivity contribution in [1.29, 1.82) is 0 Å². The molecule has 86 valence electrons. The Morgan fingerprint density at radius 3 is 1.87 bits per heavy atom. The zero-order valence-electron chi connectivity index (χ0n) is 10.5. The molecular formula is C11H21N3O. The molecule has 0 fully saturated rings. The maximum Gasteiger partial charge on any atom is 0.353 e. The van der Waals surface area contributed by atoms with E-state index in [1.807, 2.05) is 41.5 Å². The van der Waals surface area contributed by atoms with Crippen LogP contribution in [0.15, 0.2) is 9.98 Å². The molecule has 0 aliphatic heterocycles. The highest BCUT2D eigenvalue weighted by Crippen LogP contribution is 2.06. The molecule has 4 heteroatoms. The number of hydrogen-bond donors (Lipinski definition) is 0. The topological polar surface area (TPSA) is 45.0 Å². The van der Waals surface area contributed by atoms with Crippen molar-refractivity contribution in [3.63, 3.8) is 0 Å². The van der Waals surface area contributed by atoms with Crippen LogP contribution in [0.1, 0.15) is 41.5 Å². The van der Waals surface area contributed by atoms with Gasteiger partial charge < -0.3 is 4.90 Å². The predicted octanol–water partition coefficient (Wildman–Crippen LogP) is 2.81. The van der Waals surface area contributed by atoms with Crippen molar-refractivity contribution >= 4 is 12.0 Å². The Hall–Kier alpha value is -1.15. The van der Waals surface area contributed by atoms with Crippen molar-refractivity contribution in [3.8, 4) is 0 Å². The monoisotopic (exact) mass is 211 g/mol. The summed E-state index contributed by atoms with van der Waals surface area (Å²) < 4.78 is 0. The fraction of sp³-hybridized carbons (Fsp3) is 0.818. The van der Waals surface area contributed by atoms with Crippen LogP contribution < -0.4 is 0 Å². The van der Waals surface area contributed by atoms with E-state index < -0.39 is 0 Å². The van der Waals surface area contributed by atoms with Crippen molar-refractivity contribution in [2.24, 2.45) is 9.98 Å². The number of amides is 2. The van der Waals surface area contributed by atoms with Gasteiger partial charge >= 0.3 is 6.03 Å². The Kier molecular flexibility index (Phi) is 5.87. The molecule has 15 heavy (non-hydrogen) atoms. The minimum absolute atomic E-state index is 0.119. The summed E-state index contributed by atoms with van der Waals surface area (Å²) >= 11 is 0. The second-order valence-corrected chi connectivity index (χ2v) is 4.31. The van der Waals surface area contributed by atoms with Crippen LogP contribution in [0.25, 0.3) is 0 Å². The maximum atomic E-state index is 11.6. The van der Waals surface area contributed by atoms with Gasteiger partial charge in [-0.3, -0.25) is 0 Å². The van der Waals surface area contributed by atoms with Gasteiger partial charge in [-0.05, 0) is 41.5 Å². The first-order valence-corrected chi connectivity index (χ1v) is 5.34. The molecule has 0 spiro atoms. The quantitative estimate of drug-likeness (QED) is 0.662. The Bertz CT molecular complexity index is 255. The average molecular weight is 211 g/mol. The van der Waals surface area contributed by atoms with E-state index in [2.05, 4.69) is 16.0 Å². The second-order valence-electron chi connectivity index (χ2n) is 4.31. The van der Waals surface area contributed by atoms with Crippen LogP contribution in [0.4, 0.5) is 4.79 Å². The highest BCUT2D eigenvalue weighted by molar-refractivity contribution is 5.81. The standard InChI is InChI=1S/C11H21N3O/c1-8(2)12-7-13-11(15)14(9(3)4)10(5)6/h8-10H,1-6H3. The molecule has 0 heterocycles. The Balaban J connectivity index is 4.60. The molecule has 0 aromatic heterocycles. The first-order valence-electron chi connectivity index (χ1n) is 5.34. The highest BCUT2D eigenvalue weighted by Gasteiger charge is 2.18. The van der Waals surface area contributed by atoms with Crippen LogP contribution in [0.5, 0.6) is 0 Å². The summed E-state index contributed by atoms with van der Waals surface area (Å²) in [6.07, 6.45) is 0. The number of nitrogens with zero attached hydrogens (tertiary/aromatic N) is 3. The fourth-order valence-corrected chi connectivity index (χ4v) is 1.28. The van der Waals surface area contributed by atoms with E-state index in [0.29, 0.717) is 0 Å². The summed E-state index contributed by atoms with van der Waals surface area (Å²) in [7, 11) is 0. The summed E-state index contributed by atoms with van der Waals surface area (Å²) in [6, 6.07) is 2.56. The van der Waals surface area contributed by atoms with Gasteiger partial charge in [-0.2, -0.15) is 0 Å². The van der Waals surface area contributed by atoms with Crippen molar-refractivity contribution < 1.29 is 4.79 Å². The van der Waals surface area contributed by atoms with Gasteiger partial charge in [-0.1, -0.05) is 0 Å². The van der Waals surface area contributed by atoms with E-state index in [9.17, 15) is 4.79 Å². The zero-order valence-corrected chi connectivity index (χ0v) is 10.5. The van der Waals surface area contributed by atoms with Gasteiger partial charge in [0.2, 0.25) is 0 Å². The van der Waals surface area contributed by atoms with E-state index >= 15 is 0 Å². The normalized spacial score (nSPS) is 10.5. The summed E-state index contributed by atoms with van der Waals surface area (Å²) in [5.41, 5.74) is 0. The number of carbonyl (C=O) groups excluding carboxylic acids is 1. The molecule has 0 radical (unpaired) electrons. The smallest absolute Gasteiger partial charge is 0.317 e. The second kappa shape index (κ2) is 6.36. The molecule has 2 amide bonds. The first kappa shape index (κ1) is 13.8. The lowest BCUT2D eigenvalue weighted by Gasteiger charge is -2.27. The van der Waals surface area contributed by atoms with Crippen molar-refractivity contribution in [3.05, 3.63) is 0 Å². The predicted molar refractivity (Wildman–Crippen MR) is 62.5 cm³/mol. The summed E-state index contributed by atoms with van der Waals surface area (Å²) in [5.74, 6) is 0. The molecule has 0 aliphatic carbocycles. The molecule has 4 nitrogen and oxygen atoms in total. The van der Waals surface area contributed by atoms with Crippen LogP contribution in [0.3, 0.4) is 0 Å². The van der Waals surface area contributed by atoms with Gasteiger partial charge in [0.05, 0.1) is 12.1 Å². The van der Waals surface area contributed by atoms with E-state index in [1.54, 1.807) is 4.90 Å². The summed E-state index contributed by atoms with van der Waals surface area (Å²) in [5, 5.41) is 0. The number of hydrogen-bond acceptors (Lipinski definition) is 2. The van der Waals surface area contributed by atoms with E-state index in [1.165, 1.54) is 0 Å². The minimum atomic E-state index is -0.274. The average Bonchev–Trinajstić information content (AvgIpc) is 2.01. The summed E-state index contributed by atoms with van der Waals surface area (Å²) in [4.78, 5) is 20.9. The van der Waals surface area contributed by atoms with Crippen molar-refractivity contribution in [1.82, 2.24) is 4.90 Å². The lowest BCUT2D eigenvalue weighted by Crippen LogP contribution is -2.40. The van der Waals surface area contributed by atoms with Gasteiger partial charge in [0.15, 0.2) is 0 Å². The van der Waals surface area contributed by atoms with Crippen LogP contribution in [0.2, 0.25) is 0 Å². The van der Waals surface area contributed by atoms with Crippen molar-refractivity contribution in [2.45, 2.75) is 59.7 Å². The van der Waals surface area contributed by atoms with Gasteiger partial charge in [0, 0.05) is 12.1 Å². The molecule has 0 aliphatic rings. The molecule has 0 bridgehead atoms. The van der Waals surface area contributed by atoms with Crippen LogP contribution in [0, 0.1) is 0 Å². The minimum Gasteiger partial charge on any atom is -0.317 e. The van der Waals surface area contributed by atoms with E-state index in [-0.39, 0.29) is 24.2 Å². The summed E-state index contributed by atoms with van der Waals surface area (Å²) in [6.45, 7) is 11.7. The van der Waals surface area contributed by atoms with Gasteiger partial charge in [0.25, 0.3) is 0 Å². The molecular weight excluding hydrogens is 190 g/mol. The Morgan fingerprint density at radius 1 is 1.07 bits per heavy atom.